The van der Waals surface area contributed by atoms with Crippen LogP contribution in [-0.4, -0.2) is 11.5 Å². The van der Waals surface area contributed by atoms with Crippen molar-refractivity contribution >= 4 is 13.9 Å². The molecule has 0 saturated heterocycles. The second kappa shape index (κ2) is 5.75. The highest BCUT2D eigenvalue weighted by Crippen LogP contribution is 2.25. The Balaban J connectivity index is 2.73. The molecular weight excluding hydrogens is 217 g/mol. The number of anilines is 1. The zero-order valence-corrected chi connectivity index (χ0v) is 9.40. The van der Waals surface area contributed by atoms with Crippen LogP contribution in [0.5, 0.6) is 5.75 Å². The zero-order chi connectivity index (χ0) is 11.3. The monoisotopic (exact) mass is 231 g/mol. The number of ether oxygens (including phenoxy) is 1. The SMILES string of the molecule is CCOc1cc(CO[PH](=O)O)ccc1N. The highest BCUT2D eigenvalue weighted by Gasteiger charge is 2.02. The van der Waals surface area contributed by atoms with E-state index in [-0.39, 0.29) is 6.61 Å². The van der Waals surface area contributed by atoms with Gasteiger partial charge in [-0.1, -0.05) is 6.07 Å². The number of hydrogen-bond donors (Lipinski definition) is 2. The summed E-state index contributed by atoms with van der Waals surface area (Å²) in [6.07, 6.45) is 0. The molecule has 0 bridgehead atoms. The Bertz CT molecular complexity index is 356. The van der Waals surface area contributed by atoms with E-state index in [9.17, 15) is 4.57 Å². The second-order valence-corrected chi connectivity index (χ2v) is 3.68. The molecule has 1 rings (SSSR count). The molecule has 1 aromatic rings. The fourth-order valence-corrected chi connectivity index (χ4v) is 1.38. The minimum Gasteiger partial charge on any atom is -0.492 e. The molecular formula is C9H14NO4P. The van der Waals surface area contributed by atoms with Crippen LogP contribution in [0.15, 0.2) is 18.2 Å². The van der Waals surface area contributed by atoms with Gasteiger partial charge in [0.05, 0.1) is 18.9 Å². The van der Waals surface area contributed by atoms with Crippen molar-refractivity contribution in [3.63, 3.8) is 0 Å². The van der Waals surface area contributed by atoms with Gasteiger partial charge in [-0.15, -0.1) is 0 Å². The summed E-state index contributed by atoms with van der Waals surface area (Å²) in [6, 6.07) is 5.10. The van der Waals surface area contributed by atoms with E-state index in [1.165, 1.54) is 0 Å². The van der Waals surface area contributed by atoms with Gasteiger partial charge in [0.1, 0.15) is 5.75 Å². The normalized spacial score (nSPS) is 12.4. The topological polar surface area (TPSA) is 81.8 Å². The van der Waals surface area contributed by atoms with Crippen molar-refractivity contribution in [1.29, 1.82) is 0 Å². The minimum atomic E-state index is -2.89. The Morgan fingerprint density at radius 2 is 2.27 bits per heavy atom. The van der Waals surface area contributed by atoms with Crippen LogP contribution in [0.25, 0.3) is 0 Å². The molecule has 0 aliphatic heterocycles. The third-order valence-corrected chi connectivity index (χ3v) is 2.13. The van der Waals surface area contributed by atoms with Crippen LogP contribution in [0, 0.1) is 0 Å². The van der Waals surface area contributed by atoms with Gasteiger partial charge >= 0.3 is 8.25 Å². The van der Waals surface area contributed by atoms with E-state index in [0.717, 1.165) is 5.56 Å². The summed E-state index contributed by atoms with van der Waals surface area (Å²) in [7, 11) is -2.89. The lowest BCUT2D eigenvalue weighted by Gasteiger charge is -2.08. The Labute approximate surface area is 88.8 Å². The first-order chi connectivity index (χ1) is 7.13. The summed E-state index contributed by atoms with van der Waals surface area (Å²) < 4.78 is 20.2. The maximum atomic E-state index is 10.4. The molecule has 0 radical (unpaired) electrons. The average molecular weight is 231 g/mol. The van der Waals surface area contributed by atoms with Gasteiger partial charge in [0, 0.05) is 0 Å². The Kier molecular flexibility index (Phi) is 4.62. The number of hydrogen-bond acceptors (Lipinski definition) is 4. The molecule has 0 amide bonds. The molecule has 0 spiro atoms. The summed E-state index contributed by atoms with van der Waals surface area (Å²) in [4.78, 5) is 8.51. The van der Waals surface area contributed by atoms with Crippen molar-refractivity contribution in [2.24, 2.45) is 0 Å². The largest absolute Gasteiger partial charge is 0.492 e. The molecule has 0 aromatic heterocycles. The first kappa shape index (κ1) is 12.0. The molecule has 1 atom stereocenters. The fourth-order valence-electron chi connectivity index (χ4n) is 1.09. The van der Waals surface area contributed by atoms with Crippen LogP contribution in [0.3, 0.4) is 0 Å². The van der Waals surface area contributed by atoms with Gasteiger partial charge < -0.3 is 19.9 Å². The molecule has 1 aromatic carbocycles. The van der Waals surface area contributed by atoms with Gasteiger partial charge in [0.2, 0.25) is 0 Å². The third-order valence-electron chi connectivity index (χ3n) is 1.74. The summed E-state index contributed by atoms with van der Waals surface area (Å²) in [5.41, 5.74) is 6.95. The Morgan fingerprint density at radius 3 is 2.87 bits per heavy atom. The summed E-state index contributed by atoms with van der Waals surface area (Å²) in [5, 5.41) is 0. The van der Waals surface area contributed by atoms with Crippen molar-refractivity contribution < 1.29 is 18.7 Å². The predicted octanol–water partition coefficient (Wildman–Crippen LogP) is 1.57. The average Bonchev–Trinajstić information content (AvgIpc) is 2.19. The van der Waals surface area contributed by atoms with Gasteiger partial charge in [-0.25, -0.2) is 0 Å². The maximum absolute atomic E-state index is 10.4. The molecule has 0 aliphatic rings. The molecule has 0 heterocycles. The molecule has 5 nitrogen and oxygen atoms in total. The molecule has 6 heteroatoms. The number of benzene rings is 1. The maximum Gasteiger partial charge on any atom is 0.316 e. The van der Waals surface area contributed by atoms with Crippen LogP contribution in [0.1, 0.15) is 12.5 Å². The van der Waals surface area contributed by atoms with Crippen LogP contribution in [-0.2, 0) is 15.7 Å². The molecule has 84 valence electrons. The summed E-state index contributed by atoms with van der Waals surface area (Å²) >= 11 is 0. The number of nitrogen functional groups attached to an aromatic ring is 1. The van der Waals surface area contributed by atoms with E-state index >= 15 is 0 Å². The molecule has 0 saturated carbocycles. The molecule has 0 fully saturated rings. The lowest BCUT2D eigenvalue weighted by Crippen LogP contribution is -1.98. The van der Waals surface area contributed by atoms with Crippen LogP contribution >= 0.6 is 8.25 Å². The first-order valence-corrected chi connectivity index (χ1v) is 5.76. The van der Waals surface area contributed by atoms with E-state index in [0.29, 0.717) is 18.0 Å². The minimum absolute atomic E-state index is 0.0780. The smallest absolute Gasteiger partial charge is 0.316 e. The standard InChI is InChI=1S/C9H14NO4P/c1-2-13-9-5-7(3-4-8(9)10)6-14-15(11)12/h3-5,15H,2,6,10H2,1H3,(H,11,12). The van der Waals surface area contributed by atoms with E-state index < -0.39 is 8.25 Å². The van der Waals surface area contributed by atoms with Gasteiger partial charge in [-0.3, -0.25) is 4.57 Å². The van der Waals surface area contributed by atoms with Crippen molar-refractivity contribution in [3.05, 3.63) is 23.8 Å². The van der Waals surface area contributed by atoms with Gasteiger partial charge in [0.25, 0.3) is 0 Å². The summed E-state index contributed by atoms with van der Waals surface area (Å²) in [5.74, 6) is 0.566. The lowest BCUT2D eigenvalue weighted by molar-refractivity contribution is 0.271. The summed E-state index contributed by atoms with van der Waals surface area (Å²) in [6.45, 7) is 2.45. The number of nitrogens with two attached hydrogens (primary N) is 1. The molecule has 1 unspecified atom stereocenters. The molecule has 15 heavy (non-hydrogen) atoms. The third kappa shape index (κ3) is 3.91. The second-order valence-electron chi connectivity index (χ2n) is 2.86. The van der Waals surface area contributed by atoms with Crippen LogP contribution in [0.2, 0.25) is 0 Å². The van der Waals surface area contributed by atoms with Gasteiger partial charge in [0.15, 0.2) is 0 Å². The first-order valence-electron chi connectivity index (χ1n) is 4.50. The van der Waals surface area contributed by atoms with Gasteiger partial charge in [-0.05, 0) is 24.6 Å². The zero-order valence-electron chi connectivity index (χ0n) is 8.40. The Hall–Kier alpha value is -1.03. The van der Waals surface area contributed by atoms with Crippen LogP contribution in [0.4, 0.5) is 5.69 Å². The molecule has 3 N–H and O–H groups in total. The Morgan fingerprint density at radius 1 is 1.53 bits per heavy atom. The van der Waals surface area contributed by atoms with Crippen molar-refractivity contribution in [2.45, 2.75) is 13.5 Å². The number of rotatable bonds is 5. The van der Waals surface area contributed by atoms with Crippen molar-refractivity contribution in [1.82, 2.24) is 0 Å². The quantitative estimate of drug-likeness (QED) is 0.593. The van der Waals surface area contributed by atoms with E-state index in [4.69, 9.17) is 15.4 Å². The highest BCUT2D eigenvalue weighted by atomic mass is 31.1. The van der Waals surface area contributed by atoms with Crippen molar-refractivity contribution in [2.75, 3.05) is 12.3 Å². The molecule has 0 aliphatic carbocycles. The predicted molar refractivity (Wildman–Crippen MR) is 58.0 cm³/mol. The van der Waals surface area contributed by atoms with E-state index in [2.05, 4.69) is 4.52 Å². The fraction of sp³-hybridized carbons (Fsp3) is 0.333. The highest BCUT2D eigenvalue weighted by molar-refractivity contribution is 7.32. The van der Waals surface area contributed by atoms with E-state index in [1.807, 2.05) is 6.92 Å². The van der Waals surface area contributed by atoms with Crippen LogP contribution < -0.4 is 10.5 Å². The van der Waals surface area contributed by atoms with Gasteiger partial charge in [-0.2, -0.15) is 0 Å². The van der Waals surface area contributed by atoms with E-state index in [1.54, 1.807) is 18.2 Å². The lowest BCUT2D eigenvalue weighted by atomic mass is 10.2. The van der Waals surface area contributed by atoms with Crippen molar-refractivity contribution in [3.8, 4) is 5.75 Å².